The van der Waals surface area contributed by atoms with Gasteiger partial charge in [0.05, 0.1) is 5.69 Å². The number of benzene rings is 1. The number of hydrogen-bond acceptors (Lipinski definition) is 3. The van der Waals surface area contributed by atoms with Crippen LogP contribution in [0.25, 0.3) is 4.85 Å². The summed E-state index contributed by atoms with van der Waals surface area (Å²) >= 11 is 0. The first kappa shape index (κ1) is 13.8. The molecule has 5 rings (SSSR count). The number of amides is 1. The number of nitrogens with zero attached hydrogens (tertiary/aromatic N) is 3. The number of carbonyl (C=O) groups is 1. The summed E-state index contributed by atoms with van der Waals surface area (Å²) in [6, 6.07) is 13.3. The second kappa shape index (κ2) is 5.40. The van der Waals surface area contributed by atoms with Crippen LogP contribution >= 0.6 is 0 Å². The molecule has 2 aliphatic heterocycles. The zero-order valence-corrected chi connectivity index (χ0v) is 12.5. The Labute approximate surface area is 134 Å². The Morgan fingerprint density at radius 2 is 2.04 bits per heavy atom. The Hall–Kier alpha value is -2.87. The topological polar surface area (TPSA) is 46.8 Å². The van der Waals surface area contributed by atoms with E-state index >= 15 is 0 Å². The van der Waals surface area contributed by atoms with Crippen LogP contribution in [0.1, 0.15) is 30.0 Å². The molecule has 0 spiro atoms. The summed E-state index contributed by atoms with van der Waals surface area (Å²) in [5, 5.41) is 0. The van der Waals surface area contributed by atoms with E-state index < -0.39 is 0 Å². The summed E-state index contributed by atoms with van der Waals surface area (Å²) in [5.41, 5.74) is 2.62. The van der Waals surface area contributed by atoms with Gasteiger partial charge in [-0.1, -0.05) is 36.9 Å². The monoisotopic (exact) mass is 305 g/mol. The Morgan fingerprint density at radius 3 is 2.78 bits per heavy atom. The van der Waals surface area contributed by atoms with Gasteiger partial charge in [0.1, 0.15) is 6.61 Å². The molecule has 23 heavy (non-hydrogen) atoms. The maximum absolute atomic E-state index is 12.5. The van der Waals surface area contributed by atoms with E-state index in [0.717, 1.165) is 29.8 Å². The average Bonchev–Trinajstić information content (AvgIpc) is 2.58. The zero-order chi connectivity index (χ0) is 15.8. The third-order valence-corrected chi connectivity index (χ3v) is 4.53. The van der Waals surface area contributed by atoms with Gasteiger partial charge in [-0.05, 0) is 30.5 Å². The minimum Gasteiger partial charge on any atom is -0.444 e. The third kappa shape index (κ3) is 2.33. The molecule has 1 aromatic carbocycles. The second-order valence-corrected chi connectivity index (χ2v) is 5.92. The number of aromatic nitrogens is 1. The van der Waals surface area contributed by atoms with Gasteiger partial charge in [0, 0.05) is 12.0 Å². The van der Waals surface area contributed by atoms with E-state index in [4.69, 9.17) is 11.3 Å². The van der Waals surface area contributed by atoms with Crippen molar-refractivity contribution >= 4 is 17.6 Å². The lowest BCUT2D eigenvalue weighted by Crippen LogP contribution is -2.52. The largest absolute Gasteiger partial charge is 0.444 e. The van der Waals surface area contributed by atoms with E-state index in [1.807, 2.05) is 36.4 Å². The molecular formula is C18H15N3O2. The molecule has 0 N–H and O–H groups in total. The molecule has 1 aliphatic carbocycles. The predicted octanol–water partition coefficient (Wildman–Crippen LogP) is 4.04. The summed E-state index contributed by atoms with van der Waals surface area (Å²) in [6.45, 7) is 7.35. The maximum Gasteiger partial charge on any atom is 0.415 e. The lowest BCUT2D eigenvalue weighted by atomic mass is 9.73. The summed E-state index contributed by atoms with van der Waals surface area (Å²) in [5.74, 6) is 0.751. The molecule has 0 unspecified atom stereocenters. The highest BCUT2D eigenvalue weighted by molar-refractivity contribution is 5.91. The van der Waals surface area contributed by atoms with Crippen LogP contribution in [0.2, 0.25) is 0 Å². The first-order chi connectivity index (χ1) is 11.3. The van der Waals surface area contributed by atoms with Crippen LogP contribution < -0.4 is 4.90 Å². The van der Waals surface area contributed by atoms with Crippen molar-refractivity contribution in [3.63, 3.8) is 0 Å². The molecular weight excluding hydrogens is 290 g/mol. The van der Waals surface area contributed by atoms with Crippen molar-refractivity contribution in [1.29, 1.82) is 0 Å². The molecule has 0 radical (unpaired) electrons. The molecule has 2 aromatic rings. The molecule has 5 nitrogen and oxygen atoms in total. The molecule has 3 aliphatic rings. The fourth-order valence-electron chi connectivity index (χ4n) is 3.28. The van der Waals surface area contributed by atoms with Gasteiger partial charge in [-0.3, -0.25) is 4.90 Å². The summed E-state index contributed by atoms with van der Waals surface area (Å²) in [4.78, 5) is 22.0. The van der Waals surface area contributed by atoms with Crippen LogP contribution in [-0.2, 0) is 11.3 Å². The maximum atomic E-state index is 12.5. The molecule has 0 atom stereocenters. The molecule has 1 aromatic heterocycles. The molecule has 1 fully saturated rings. The van der Waals surface area contributed by atoms with Gasteiger partial charge in [0.2, 0.25) is 0 Å². The van der Waals surface area contributed by atoms with Gasteiger partial charge in [0.15, 0.2) is 5.69 Å². The highest BCUT2D eigenvalue weighted by Gasteiger charge is 2.48. The Morgan fingerprint density at radius 1 is 1.26 bits per heavy atom. The lowest BCUT2D eigenvalue weighted by Gasteiger charge is -2.46. The van der Waals surface area contributed by atoms with Crippen molar-refractivity contribution in [2.24, 2.45) is 0 Å². The third-order valence-electron chi connectivity index (χ3n) is 4.53. The van der Waals surface area contributed by atoms with E-state index in [0.29, 0.717) is 11.7 Å². The van der Waals surface area contributed by atoms with Gasteiger partial charge in [-0.25, -0.2) is 4.79 Å². The molecule has 114 valence electrons. The van der Waals surface area contributed by atoms with E-state index in [9.17, 15) is 4.79 Å². The van der Waals surface area contributed by atoms with Crippen molar-refractivity contribution in [3.8, 4) is 0 Å². The number of anilines is 1. The SMILES string of the molecule is [C-]#[N+]c1ccc2c(n1)C1CC(C1)N2C(=O)OCc1ccccc1. The van der Waals surface area contributed by atoms with E-state index in [1.54, 1.807) is 11.0 Å². The molecule has 0 saturated heterocycles. The zero-order valence-electron chi connectivity index (χ0n) is 12.5. The van der Waals surface area contributed by atoms with Crippen molar-refractivity contribution in [1.82, 2.24) is 4.98 Å². The number of hydrogen-bond donors (Lipinski definition) is 0. The van der Waals surface area contributed by atoms with E-state index in [2.05, 4.69) is 9.83 Å². The Balaban J connectivity index is 1.56. The fraction of sp³-hybridized carbons (Fsp3) is 0.278. The van der Waals surface area contributed by atoms with Crippen molar-refractivity contribution in [3.05, 3.63) is 65.1 Å². The van der Waals surface area contributed by atoms with Crippen molar-refractivity contribution in [2.75, 3.05) is 4.90 Å². The first-order valence-corrected chi connectivity index (χ1v) is 7.64. The smallest absolute Gasteiger partial charge is 0.415 e. The lowest BCUT2D eigenvalue weighted by molar-refractivity contribution is 0.136. The van der Waals surface area contributed by atoms with E-state index in [1.165, 1.54) is 0 Å². The molecule has 1 saturated carbocycles. The summed E-state index contributed by atoms with van der Waals surface area (Å²) in [7, 11) is 0. The number of pyridine rings is 1. The van der Waals surface area contributed by atoms with Crippen LogP contribution in [0.4, 0.5) is 16.3 Å². The van der Waals surface area contributed by atoms with Gasteiger partial charge >= 0.3 is 6.09 Å². The van der Waals surface area contributed by atoms with Gasteiger partial charge in [-0.2, -0.15) is 0 Å². The first-order valence-electron chi connectivity index (χ1n) is 7.64. The minimum absolute atomic E-state index is 0.191. The number of carbonyl (C=O) groups excluding carboxylic acids is 1. The molecule has 1 amide bonds. The highest BCUT2D eigenvalue weighted by atomic mass is 16.6. The van der Waals surface area contributed by atoms with Crippen LogP contribution in [0.5, 0.6) is 0 Å². The quantitative estimate of drug-likeness (QED) is 0.787. The Kier molecular flexibility index (Phi) is 3.23. The van der Waals surface area contributed by atoms with Crippen molar-refractivity contribution in [2.45, 2.75) is 31.4 Å². The number of rotatable bonds is 2. The molecule has 2 bridgehead atoms. The normalized spacial score (nSPS) is 20.9. The van der Waals surface area contributed by atoms with Crippen LogP contribution in [0.3, 0.4) is 0 Å². The van der Waals surface area contributed by atoms with Gasteiger partial charge in [0.25, 0.3) is 5.82 Å². The summed E-state index contributed by atoms with van der Waals surface area (Å²) < 4.78 is 5.47. The highest BCUT2D eigenvalue weighted by Crippen LogP contribution is 2.50. The predicted molar refractivity (Wildman–Crippen MR) is 85.4 cm³/mol. The molecule has 3 heterocycles. The fourth-order valence-corrected chi connectivity index (χ4v) is 3.28. The van der Waals surface area contributed by atoms with Crippen LogP contribution in [0.15, 0.2) is 42.5 Å². The minimum atomic E-state index is -0.337. The van der Waals surface area contributed by atoms with Gasteiger partial charge in [-0.15, -0.1) is 4.98 Å². The standard InChI is InChI=1S/C18H15N3O2/c1-19-16-8-7-15-17(20-16)13-9-14(10-13)21(15)18(22)23-11-12-5-3-2-4-6-12/h2-8,13-14H,9-11H2. The average molecular weight is 305 g/mol. The van der Waals surface area contributed by atoms with Gasteiger partial charge < -0.3 is 9.58 Å². The summed E-state index contributed by atoms with van der Waals surface area (Å²) in [6.07, 6.45) is 1.47. The second-order valence-electron chi connectivity index (χ2n) is 5.92. The van der Waals surface area contributed by atoms with E-state index in [-0.39, 0.29) is 18.7 Å². The Bertz CT molecular complexity index is 792. The number of ether oxygens (including phenoxy) is 1. The van der Waals surface area contributed by atoms with Crippen LogP contribution in [-0.4, -0.2) is 17.1 Å². The molecule has 5 heteroatoms. The van der Waals surface area contributed by atoms with Crippen molar-refractivity contribution < 1.29 is 9.53 Å². The van der Waals surface area contributed by atoms with Crippen LogP contribution in [0, 0.1) is 6.57 Å².